The molecule has 1 aromatic rings. The van der Waals surface area contributed by atoms with Crippen molar-refractivity contribution in [2.24, 2.45) is 16.0 Å². The molecule has 0 aromatic carbocycles. The van der Waals surface area contributed by atoms with Crippen molar-refractivity contribution in [2.75, 3.05) is 50.1 Å². The van der Waals surface area contributed by atoms with E-state index in [9.17, 15) is 4.79 Å². The Labute approximate surface area is 188 Å². The first-order valence-corrected chi connectivity index (χ1v) is 11.1. The zero-order valence-electron chi connectivity index (χ0n) is 19.0. The summed E-state index contributed by atoms with van der Waals surface area (Å²) in [7, 11) is 3.48. The van der Waals surface area contributed by atoms with Crippen molar-refractivity contribution in [1.29, 1.82) is 0 Å². The summed E-state index contributed by atoms with van der Waals surface area (Å²) < 4.78 is 5.41. The van der Waals surface area contributed by atoms with Gasteiger partial charge in [-0.25, -0.2) is 9.78 Å². The minimum atomic E-state index is -0.229. The highest BCUT2D eigenvalue weighted by Crippen LogP contribution is 2.34. The number of hydrogen-bond acceptors (Lipinski definition) is 8. The van der Waals surface area contributed by atoms with Crippen LogP contribution in [0.25, 0.3) is 0 Å². The second kappa shape index (κ2) is 8.09. The van der Waals surface area contributed by atoms with Gasteiger partial charge in [-0.2, -0.15) is 10.1 Å². The minimum absolute atomic E-state index is 0.0510. The molecule has 0 spiro atoms. The molecular weight excluding hydrogens is 408 g/mol. The molecule has 0 saturated carbocycles. The van der Waals surface area contributed by atoms with E-state index in [0.29, 0.717) is 30.3 Å². The zero-order valence-corrected chi connectivity index (χ0v) is 19.0. The van der Waals surface area contributed by atoms with E-state index in [4.69, 9.17) is 4.74 Å². The lowest BCUT2D eigenvalue weighted by atomic mass is 10.0. The van der Waals surface area contributed by atoms with Crippen LogP contribution in [0.2, 0.25) is 0 Å². The number of hydrogen-bond donors (Lipinski definition) is 2. The fourth-order valence-electron chi connectivity index (χ4n) is 5.09. The molecule has 1 unspecified atom stereocenters. The lowest BCUT2D eigenvalue weighted by Gasteiger charge is -2.38. The Morgan fingerprint density at radius 1 is 1.25 bits per heavy atom. The van der Waals surface area contributed by atoms with Crippen LogP contribution in [0.3, 0.4) is 0 Å². The molecule has 0 aliphatic carbocycles. The fraction of sp³-hybridized carbons (Fsp3) is 0.545. The predicted molar refractivity (Wildman–Crippen MR) is 124 cm³/mol. The van der Waals surface area contributed by atoms with Gasteiger partial charge in [-0.15, -0.1) is 0 Å². The number of nitrogens with zero attached hydrogens (tertiary/aromatic N) is 6. The lowest BCUT2D eigenvalue weighted by molar-refractivity contribution is 0.248. The Hall–Kier alpha value is -3.14. The quantitative estimate of drug-likeness (QED) is 0.719. The van der Waals surface area contributed by atoms with Crippen LogP contribution >= 0.6 is 0 Å². The molecule has 5 heterocycles. The number of aliphatic imine (C=N–C) groups is 1. The van der Waals surface area contributed by atoms with Crippen LogP contribution in [-0.4, -0.2) is 80.1 Å². The molecule has 2 amide bonds. The summed E-state index contributed by atoms with van der Waals surface area (Å²) in [6, 6.07) is 2.67. The van der Waals surface area contributed by atoms with Gasteiger partial charge in [0.05, 0.1) is 7.11 Å². The highest BCUT2D eigenvalue weighted by atomic mass is 16.5. The number of carbonyl (C=O) groups excluding carboxylic acids is 1. The van der Waals surface area contributed by atoms with Crippen LogP contribution in [0, 0.1) is 5.92 Å². The molecule has 3 atom stereocenters. The Morgan fingerprint density at radius 3 is 2.78 bits per heavy atom. The molecule has 5 rings (SSSR count). The van der Waals surface area contributed by atoms with Crippen molar-refractivity contribution in [3.8, 4) is 0 Å². The maximum Gasteiger partial charge on any atom is 0.328 e. The molecule has 170 valence electrons. The highest BCUT2D eigenvalue weighted by Gasteiger charge is 2.34. The third-order valence-corrected chi connectivity index (χ3v) is 6.31. The first-order valence-electron chi connectivity index (χ1n) is 11.1. The molecule has 1 aromatic heterocycles. The molecule has 2 N–H and O–H groups in total. The van der Waals surface area contributed by atoms with E-state index in [0.717, 1.165) is 43.1 Å². The number of methoxy groups -OCH3 is 1. The first-order chi connectivity index (χ1) is 15.4. The summed E-state index contributed by atoms with van der Waals surface area (Å²) in [4.78, 5) is 26.3. The molecular formula is C22H30N8O2. The summed E-state index contributed by atoms with van der Waals surface area (Å²) in [5.74, 6) is 1.71. The Kier molecular flexibility index (Phi) is 5.24. The second-order valence-corrected chi connectivity index (χ2v) is 8.94. The fourth-order valence-corrected chi connectivity index (χ4v) is 5.09. The number of nitrogens with one attached hydrogen (secondary N) is 2. The van der Waals surface area contributed by atoms with Gasteiger partial charge in [0.15, 0.2) is 0 Å². The predicted octanol–water partition coefficient (Wildman–Crippen LogP) is 1.16. The van der Waals surface area contributed by atoms with E-state index in [1.807, 2.05) is 18.1 Å². The smallest absolute Gasteiger partial charge is 0.328 e. The Balaban J connectivity index is 1.35. The van der Waals surface area contributed by atoms with Gasteiger partial charge >= 0.3 is 6.03 Å². The van der Waals surface area contributed by atoms with Crippen molar-refractivity contribution in [2.45, 2.75) is 32.4 Å². The van der Waals surface area contributed by atoms with E-state index in [1.54, 1.807) is 18.2 Å². The van der Waals surface area contributed by atoms with Crippen molar-refractivity contribution >= 4 is 29.1 Å². The summed E-state index contributed by atoms with van der Waals surface area (Å²) in [5, 5.41) is 12.8. The number of amides is 2. The zero-order chi connectivity index (χ0) is 22.4. The minimum Gasteiger partial charge on any atom is -0.480 e. The highest BCUT2D eigenvalue weighted by molar-refractivity contribution is 6.41. The molecule has 4 aliphatic rings. The van der Waals surface area contributed by atoms with E-state index < -0.39 is 0 Å². The van der Waals surface area contributed by atoms with Crippen molar-refractivity contribution in [1.82, 2.24) is 20.6 Å². The molecule has 1 saturated heterocycles. The Bertz CT molecular complexity index is 1010. The van der Waals surface area contributed by atoms with Crippen molar-refractivity contribution < 1.29 is 9.53 Å². The number of carbonyl (C=O) groups is 1. The largest absolute Gasteiger partial charge is 0.480 e. The average Bonchev–Trinajstić information content (AvgIpc) is 3.35. The molecule has 0 bridgehead atoms. The van der Waals surface area contributed by atoms with E-state index in [-0.39, 0.29) is 11.9 Å². The van der Waals surface area contributed by atoms with Gasteiger partial charge in [0, 0.05) is 68.7 Å². The van der Waals surface area contributed by atoms with Crippen LogP contribution in [0.4, 0.5) is 16.3 Å². The molecule has 4 aliphatic heterocycles. The number of pyridine rings is 1. The van der Waals surface area contributed by atoms with Gasteiger partial charge < -0.3 is 15.0 Å². The number of hydrazone groups is 1. The average molecular weight is 439 g/mol. The SMILES string of the molecule is COC1=NC(NC(=O)N2CCc3c(N4C[C@@H](C)N[C@@H](C)C4)ccnc32)=CC2CN(C)N=C12. The lowest BCUT2D eigenvalue weighted by Crippen LogP contribution is -2.54. The standard InChI is InChI=1S/C22H30N8O2/c1-13-10-29(11-14(2)24-13)17-5-7-23-20-16(17)6-8-30(20)22(31)26-18-9-15-12-28(3)27-19(15)21(25-18)32-4/h5,7,9,13-15,24H,6,8,10-12H2,1-4H3,(H,26,31)/t13-,14+,15?. The molecule has 0 radical (unpaired) electrons. The summed E-state index contributed by atoms with van der Waals surface area (Å²) in [6.45, 7) is 7.61. The van der Waals surface area contributed by atoms with Gasteiger partial charge in [-0.1, -0.05) is 0 Å². The van der Waals surface area contributed by atoms with Gasteiger partial charge in [-0.05, 0) is 32.4 Å². The number of fused-ring (bicyclic) bond motifs is 2. The van der Waals surface area contributed by atoms with Crippen LogP contribution in [-0.2, 0) is 11.2 Å². The Morgan fingerprint density at radius 2 is 2.03 bits per heavy atom. The number of anilines is 2. The molecule has 10 heteroatoms. The molecule has 10 nitrogen and oxygen atoms in total. The van der Waals surface area contributed by atoms with E-state index in [1.165, 1.54) is 5.69 Å². The summed E-state index contributed by atoms with van der Waals surface area (Å²) in [6.07, 6.45) is 4.52. The van der Waals surface area contributed by atoms with E-state index >= 15 is 0 Å². The van der Waals surface area contributed by atoms with Gasteiger partial charge in [-0.3, -0.25) is 15.2 Å². The van der Waals surface area contributed by atoms with Crippen molar-refractivity contribution in [3.05, 3.63) is 29.7 Å². The van der Waals surface area contributed by atoms with Gasteiger partial charge in [0.1, 0.15) is 17.4 Å². The van der Waals surface area contributed by atoms with Gasteiger partial charge in [0.2, 0.25) is 5.90 Å². The number of rotatable bonds is 2. The number of ether oxygens (including phenoxy) is 1. The topological polar surface area (TPSA) is 97.7 Å². The van der Waals surface area contributed by atoms with Crippen LogP contribution in [0.1, 0.15) is 19.4 Å². The van der Waals surface area contributed by atoms with E-state index in [2.05, 4.69) is 50.5 Å². The van der Waals surface area contributed by atoms with Gasteiger partial charge in [0.25, 0.3) is 0 Å². The first kappa shape index (κ1) is 20.7. The second-order valence-electron chi connectivity index (χ2n) is 8.94. The monoisotopic (exact) mass is 438 g/mol. The maximum absolute atomic E-state index is 13.2. The summed E-state index contributed by atoms with van der Waals surface area (Å²) in [5.41, 5.74) is 3.11. The van der Waals surface area contributed by atoms with Crippen molar-refractivity contribution in [3.63, 3.8) is 0 Å². The van der Waals surface area contributed by atoms with Crippen LogP contribution < -0.4 is 20.4 Å². The third kappa shape index (κ3) is 3.68. The normalized spacial score (nSPS) is 26.8. The molecule has 32 heavy (non-hydrogen) atoms. The third-order valence-electron chi connectivity index (χ3n) is 6.31. The number of piperazine rings is 1. The number of aromatic nitrogens is 1. The molecule has 1 fully saturated rings. The summed E-state index contributed by atoms with van der Waals surface area (Å²) >= 11 is 0. The van der Waals surface area contributed by atoms with Crippen LogP contribution in [0.15, 0.2) is 34.3 Å². The number of urea groups is 1. The maximum atomic E-state index is 13.2. The van der Waals surface area contributed by atoms with Crippen LogP contribution in [0.5, 0.6) is 0 Å².